The molecule has 0 radical (unpaired) electrons. The highest BCUT2D eigenvalue weighted by Crippen LogP contribution is 2.34. The number of carboxylic acid groups (broad SMARTS) is 1. The minimum atomic E-state index is -4.18. The molecule has 1 saturated heterocycles. The summed E-state index contributed by atoms with van der Waals surface area (Å²) in [5.74, 6) is -1.68. The lowest BCUT2D eigenvalue weighted by atomic mass is 10.2. The third-order valence-electron chi connectivity index (χ3n) is 4.62. The normalized spacial score (nSPS) is 17.4. The molecule has 28 heavy (non-hydrogen) atoms. The Labute approximate surface area is 168 Å². The highest BCUT2D eigenvalue weighted by atomic mass is 35.5. The first-order chi connectivity index (χ1) is 13.2. The molecule has 148 valence electrons. The Morgan fingerprint density at radius 3 is 2.54 bits per heavy atom. The molecule has 2 aromatic rings. The number of sulfonamides is 1. The Morgan fingerprint density at radius 2 is 1.89 bits per heavy atom. The van der Waals surface area contributed by atoms with Crippen LogP contribution in [-0.2, 0) is 14.8 Å². The number of carbonyl (C=O) groups is 2. The van der Waals surface area contributed by atoms with Gasteiger partial charge in [0.15, 0.2) is 0 Å². The number of anilines is 1. The second-order valence-corrected chi connectivity index (χ2v) is 8.80. The molecule has 1 amide bonds. The Kier molecular flexibility index (Phi) is 5.74. The van der Waals surface area contributed by atoms with Crippen LogP contribution in [0.5, 0.6) is 0 Å². The van der Waals surface area contributed by atoms with Gasteiger partial charge in [0.25, 0.3) is 5.91 Å². The van der Waals surface area contributed by atoms with E-state index in [4.69, 9.17) is 11.6 Å². The molecule has 0 unspecified atom stereocenters. The molecule has 0 aliphatic carbocycles. The van der Waals surface area contributed by atoms with Gasteiger partial charge >= 0.3 is 5.97 Å². The van der Waals surface area contributed by atoms with Gasteiger partial charge in [-0.25, -0.2) is 8.42 Å². The van der Waals surface area contributed by atoms with E-state index in [0.717, 1.165) is 4.31 Å². The third kappa shape index (κ3) is 3.89. The third-order valence-corrected chi connectivity index (χ3v) is 6.98. The predicted octanol–water partition coefficient (Wildman–Crippen LogP) is 3.14. The Hall–Kier alpha value is -2.42. The van der Waals surface area contributed by atoms with Crippen LogP contribution in [0.3, 0.4) is 0 Å². The summed E-state index contributed by atoms with van der Waals surface area (Å²) in [7, 11) is -4.18. The van der Waals surface area contributed by atoms with Crippen LogP contribution in [0.25, 0.3) is 0 Å². The summed E-state index contributed by atoms with van der Waals surface area (Å²) in [6.07, 6.45) is 0.682. The van der Waals surface area contributed by atoms with Gasteiger partial charge in [0.1, 0.15) is 10.9 Å². The second kappa shape index (κ2) is 7.90. The van der Waals surface area contributed by atoms with Crippen molar-refractivity contribution in [3.05, 3.63) is 58.6 Å². The van der Waals surface area contributed by atoms with Crippen molar-refractivity contribution in [1.29, 1.82) is 0 Å². The zero-order valence-electron chi connectivity index (χ0n) is 15.1. The van der Waals surface area contributed by atoms with Gasteiger partial charge in [-0.1, -0.05) is 29.8 Å². The van der Waals surface area contributed by atoms with Crippen molar-refractivity contribution >= 4 is 39.2 Å². The maximum Gasteiger partial charge on any atom is 0.322 e. The molecule has 1 fully saturated rings. The first-order valence-electron chi connectivity index (χ1n) is 8.63. The zero-order valence-corrected chi connectivity index (χ0v) is 16.6. The number of aryl methyl sites for hydroxylation is 1. The summed E-state index contributed by atoms with van der Waals surface area (Å²) in [4.78, 5) is 23.8. The molecule has 1 atom stereocenters. The number of halogens is 1. The molecule has 1 aliphatic heterocycles. The number of nitrogens with one attached hydrogen (secondary N) is 1. The van der Waals surface area contributed by atoms with Crippen LogP contribution in [-0.4, -0.2) is 42.3 Å². The van der Waals surface area contributed by atoms with Gasteiger partial charge in [-0.05, 0) is 49.6 Å². The van der Waals surface area contributed by atoms with E-state index in [2.05, 4.69) is 5.32 Å². The van der Waals surface area contributed by atoms with Crippen LogP contribution in [0.1, 0.15) is 28.8 Å². The number of nitrogens with zero attached hydrogens (tertiary/aromatic N) is 1. The van der Waals surface area contributed by atoms with E-state index in [1.807, 2.05) is 0 Å². The molecule has 0 bridgehead atoms. The number of hydrogen-bond donors (Lipinski definition) is 2. The number of benzene rings is 2. The molecule has 2 aromatic carbocycles. The number of carbonyl (C=O) groups excluding carboxylic acids is 1. The fourth-order valence-corrected chi connectivity index (χ4v) is 5.20. The SMILES string of the molecule is Cc1cc(NC(=O)c2ccccc2)c(S(=O)(=O)N2CCC[C@H]2C(=O)O)cc1Cl. The van der Waals surface area contributed by atoms with Crippen molar-refractivity contribution in [2.75, 3.05) is 11.9 Å². The fraction of sp³-hybridized carbons (Fsp3) is 0.263. The first-order valence-corrected chi connectivity index (χ1v) is 10.4. The van der Waals surface area contributed by atoms with Gasteiger partial charge in [-0.3, -0.25) is 9.59 Å². The van der Waals surface area contributed by atoms with Crippen LogP contribution in [0, 0.1) is 6.92 Å². The molecule has 1 aliphatic rings. The molecule has 7 nitrogen and oxygen atoms in total. The van der Waals surface area contributed by atoms with Gasteiger partial charge < -0.3 is 10.4 Å². The molecule has 0 spiro atoms. The van der Waals surface area contributed by atoms with Crippen molar-refractivity contribution in [3.8, 4) is 0 Å². The van der Waals surface area contributed by atoms with Crippen LogP contribution in [0.2, 0.25) is 5.02 Å². The molecular weight excluding hydrogens is 404 g/mol. The lowest BCUT2D eigenvalue weighted by Crippen LogP contribution is -2.40. The number of amides is 1. The van der Waals surface area contributed by atoms with E-state index in [9.17, 15) is 23.1 Å². The van der Waals surface area contributed by atoms with E-state index >= 15 is 0 Å². The fourth-order valence-electron chi connectivity index (χ4n) is 3.16. The Morgan fingerprint density at radius 1 is 1.21 bits per heavy atom. The summed E-state index contributed by atoms with van der Waals surface area (Å²) in [5.41, 5.74) is 1.01. The van der Waals surface area contributed by atoms with Gasteiger partial charge in [-0.15, -0.1) is 0 Å². The quantitative estimate of drug-likeness (QED) is 0.770. The van der Waals surface area contributed by atoms with Gasteiger partial charge in [0, 0.05) is 17.1 Å². The maximum absolute atomic E-state index is 13.2. The van der Waals surface area contributed by atoms with E-state index < -0.39 is 27.9 Å². The maximum atomic E-state index is 13.2. The highest BCUT2D eigenvalue weighted by molar-refractivity contribution is 7.89. The van der Waals surface area contributed by atoms with E-state index in [-0.39, 0.29) is 28.6 Å². The Balaban J connectivity index is 2.04. The van der Waals surface area contributed by atoms with Crippen LogP contribution >= 0.6 is 11.6 Å². The number of rotatable bonds is 5. The monoisotopic (exact) mass is 422 g/mol. The highest BCUT2D eigenvalue weighted by Gasteiger charge is 2.40. The van der Waals surface area contributed by atoms with Crippen molar-refractivity contribution in [2.45, 2.75) is 30.7 Å². The van der Waals surface area contributed by atoms with E-state index in [0.29, 0.717) is 17.5 Å². The van der Waals surface area contributed by atoms with Crippen LogP contribution in [0.15, 0.2) is 47.4 Å². The zero-order chi connectivity index (χ0) is 20.5. The Bertz CT molecular complexity index is 1020. The molecule has 0 aromatic heterocycles. The van der Waals surface area contributed by atoms with Gasteiger partial charge in [0.2, 0.25) is 10.0 Å². The van der Waals surface area contributed by atoms with Crippen LogP contribution < -0.4 is 5.32 Å². The van der Waals surface area contributed by atoms with Crippen molar-refractivity contribution in [2.24, 2.45) is 0 Å². The first kappa shape index (κ1) is 20.3. The predicted molar refractivity (Wildman–Crippen MR) is 105 cm³/mol. The molecule has 1 heterocycles. The molecule has 9 heteroatoms. The second-order valence-electron chi connectivity index (χ2n) is 6.53. The van der Waals surface area contributed by atoms with Crippen LogP contribution in [0.4, 0.5) is 5.69 Å². The van der Waals surface area contributed by atoms with Crippen molar-refractivity contribution in [1.82, 2.24) is 4.31 Å². The van der Waals surface area contributed by atoms with Crippen molar-refractivity contribution in [3.63, 3.8) is 0 Å². The molecule has 0 saturated carbocycles. The standard InChI is InChI=1S/C19H19ClN2O5S/c1-12-10-15(21-18(23)13-6-3-2-4-7-13)17(11-14(12)20)28(26,27)22-9-5-8-16(22)19(24)25/h2-4,6-7,10-11,16H,5,8-9H2,1H3,(H,21,23)(H,24,25)/t16-/m0/s1. The topological polar surface area (TPSA) is 104 Å². The lowest BCUT2D eigenvalue weighted by molar-refractivity contribution is -0.140. The minimum absolute atomic E-state index is 0.0618. The van der Waals surface area contributed by atoms with E-state index in [1.54, 1.807) is 37.3 Å². The summed E-state index contributed by atoms with van der Waals surface area (Å²) in [6.45, 7) is 1.78. The largest absolute Gasteiger partial charge is 0.480 e. The lowest BCUT2D eigenvalue weighted by Gasteiger charge is -2.23. The molecule has 3 rings (SSSR count). The number of hydrogen-bond acceptors (Lipinski definition) is 4. The summed E-state index contributed by atoms with van der Waals surface area (Å²) < 4.78 is 27.4. The minimum Gasteiger partial charge on any atom is -0.480 e. The van der Waals surface area contributed by atoms with Crippen molar-refractivity contribution < 1.29 is 23.1 Å². The summed E-state index contributed by atoms with van der Waals surface area (Å²) in [6, 6.07) is 9.95. The average Bonchev–Trinajstić information content (AvgIpc) is 3.16. The smallest absolute Gasteiger partial charge is 0.322 e. The number of aliphatic carboxylic acids is 1. The van der Waals surface area contributed by atoms with E-state index in [1.165, 1.54) is 12.1 Å². The number of carboxylic acids is 1. The summed E-state index contributed by atoms with van der Waals surface area (Å²) >= 11 is 6.14. The van der Waals surface area contributed by atoms with Gasteiger partial charge in [0.05, 0.1) is 5.69 Å². The average molecular weight is 423 g/mol. The molecular formula is C19H19ClN2O5S. The van der Waals surface area contributed by atoms with Gasteiger partial charge in [-0.2, -0.15) is 4.31 Å². The summed E-state index contributed by atoms with van der Waals surface area (Å²) in [5, 5.41) is 12.2. The molecule has 2 N–H and O–H groups in total.